The molecular formula is C24H38ClNO4. The highest BCUT2D eigenvalue weighted by molar-refractivity contribution is 6.33. The highest BCUT2D eigenvalue weighted by Crippen LogP contribution is 2.38. The molecule has 3 unspecified atom stereocenters. The van der Waals surface area contributed by atoms with E-state index in [9.17, 15) is 4.79 Å². The number of carbonyl (C=O) groups is 1. The van der Waals surface area contributed by atoms with Gasteiger partial charge in [-0.1, -0.05) is 40.7 Å². The van der Waals surface area contributed by atoms with Gasteiger partial charge in [-0.25, -0.2) is 0 Å². The van der Waals surface area contributed by atoms with Gasteiger partial charge in [-0.05, 0) is 56.2 Å². The van der Waals surface area contributed by atoms with Crippen LogP contribution < -0.4 is 9.64 Å². The lowest BCUT2D eigenvalue weighted by Crippen LogP contribution is -2.43. The van der Waals surface area contributed by atoms with Crippen LogP contribution in [0.4, 0.5) is 5.69 Å². The predicted octanol–water partition coefficient (Wildman–Crippen LogP) is 5.49. The Labute approximate surface area is 187 Å². The molecule has 0 aromatic heterocycles. The van der Waals surface area contributed by atoms with Crippen molar-refractivity contribution in [1.82, 2.24) is 0 Å². The van der Waals surface area contributed by atoms with Crippen LogP contribution in [0.15, 0.2) is 12.1 Å². The number of alkyl halides is 1. The average molecular weight is 440 g/mol. The van der Waals surface area contributed by atoms with E-state index in [0.29, 0.717) is 25.3 Å². The summed E-state index contributed by atoms with van der Waals surface area (Å²) in [6, 6.07) is 4.06. The number of carbonyl (C=O) groups excluding carboxylic acids is 1. The third kappa shape index (κ3) is 5.49. The third-order valence-corrected chi connectivity index (χ3v) is 6.24. The highest BCUT2D eigenvalue weighted by Gasteiger charge is 2.37. The van der Waals surface area contributed by atoms with Crippen LogP contribution in [0.3, 0.4) is 0 Å². The Hall–Kier alpha value is -1.30. The number of aryl methyl sites for hydroxylation is 1. The van der Waals surface area contributed by atoms with Gasteiger partial charge < -0.3 is 19.1 Å². The molecule has 1 aromatic carbocycles. The van der Waals surface area contributed by atoms with Crippen LogP contribution in [0.1, 0.15) is 71.9 Å². The maximum absolute atomic E-state index is 13.4. The van der Waals surface area contributed by atoms with Crippen molar-refractivity contribution in [3.05, 3.63) is 23.3 Å². The standard InChI is InChI=1S/C24H38ClNO4/c1-7-16-13-14-21(28-12-6)23(17(16)8-2)26(24(27)18(25)9-3)15-22-29-19(10-4)20(11-5)30-22/h13-14,18-20,22H,7-12,15H2,1-6H3. The van der Waals surface area contributed by atoms with Gasteiger partial charge in [0.05, 0.1) is 31.0 Å². The first-order valence-electron chi connectivity index (χ1n) is 11.5. The lowest BCUT2D eigenvalue weighted by atomic mass is 9.98. The summed E-state index contributed by atoms with van der Waals surface area (Å²) in [5.41, 5.74) is 3.14. The minimum absolute atomic E-state index is 0.0499. The van der Waals surface area contributed by atoms with Crippen LogP contribution in [-0.4, -0.2) is 42.9 Å². The second-order valence-electron chi connectivity index (χ2n) is 7.61. The third-order valence-electron chi connectivity index (χ3n) is 5.74. The van der Waals surface area contributed by atoms with E-state index in [-0.39, 0.29) is 18.1 Å². The molecule has 2 rings (SSSR count). The van der Waals surface area contributed by atoms with Crippen molar-refractivity contribution >= 4 is 23.2 Å². The fourth-order valence-corrected chi connectivity index (χ4v) is 4.25. The van der Waals surface area contributed by atoms with E-state index in [2.05, 4.69) is 33.8 Å². The summed E-state index contributed by atoms with van der Waals surface area (Å²) in [5, 5.41) is -0.611. The van der Waals surface area contributed by atoms with Crippen molar-refractivity contribution in [1.29, 1.82) is 0 Å². The highest BCUT2D eigenvalue weighted by atomic mass is 35.5. The summed E-state index contributed by atoms with van der Waals surface area (Å²) in [5.74, 6) is 0.570. The summed E-state index contributed by atoms with van der Waals surface area (Å²) in [6.07, 6.45) is 3.62. The lowest BCUT2D eigenvalue weighted by molar-refractivity contribution is -0.120. The van der Waals surface area contributed by atoms with Gasteiger partial charge in [0, 0.05) is 0 Å². The topological polar surface area (TPSA) is 48.0 Å². The molecule has 1 heterocycles. The molecule has 170 valence electrons. The van der Waals surface area contributed by atoms with Crippen LogP contribution in [0.2, 0.25) is 0 Å². The van der Waals surface area contributed by atoms with Gasteiger partial charge >= 0.3 is 0 Å². The Kier molecular flexibility index (Phi) is 9.92. The molecule has 0 saturated carbocycles. The van der Waals surface area contributed by atoms with Gasteiger partial charge in [-0.3, -0.25) is 4.79 Å². The van der Waals surface area contributed by atoms with Crippen LogP contribution in [0.5, 0.6) is 5.75 Å². The molecule has 1 amide bonds. The van der Waals surface area contributed by atoms with Gasteiger partial charge in [0.15, 0.2) is 6.29 Å². The average Bonchev–Trinajstić information content (AvgIpc) is 3.18. The normalized spacial score (nSPS) is 22.2. The van der Waals surface area contributed by atoms with Crippen molar-refractivity contribution in [2.24, 2.45) is 0 Å². The maximum atomic E-state index is 13.4. The van der Waals surface area contributed by atoms with E-state index in [1.807, 2.05) is 19.9 Å². The molecule has 6 heteroatoms. The molecule has 1 saturated heterocycles. The number of benzene rings is 1. The number of anilines is 1. The number of rotatable bonds is 11. The minimum Gasteiger partial charge on any atom is -0.492 e. The Morgan fingerprint density at radius 1 is 1.07 bits per heavy atom. The molecule has 3 atom stereocenters. The van der Waals surface area contributed by atoms with Crippen LogP contribution in [0, 0.1) is 0 Å². The first kappa shape index (κ1) is 25.0. The van der Waals surface area contributed by atoms with Crippen molar-refractivity contribution < 1.29 is 19.0 Å². The Morgan fingerprint density at radius 3 is 2.17 bits per heavy atom. The zero-order valence-corrected chi connectivity index (χ0v) is 20.1. The summed E-state index contributed by atoms with van der Waals surface area (Å²) < 4.78 is 18.3. The number of amides is 1. The maximum Gasteiger partial charge on any atom is 0.245 e. The minimum atomic E-state index is -0.611. The van der Waals surface area contributed by atoms with E-state index >= 15 is 0 Å². The fourth-order valence-electron chi connectivity index (χ4n) is 4.14. The molecule has 0 radical (unpaired) electrons. The van der Waals surface area contributed by atoms with Gasteiger partial charge in [0.1, 0.15) is 11.1 Å². The molecule has 30 heavy (non-hydrogen) atoms. The molecule has 1 aromatic rings. The molecule has 5 nitrogen and oxygen atoms in total. The van der Waals surface area contributed by atoms with Gasteiger partial charge in [-0.15, -0.1) is 11.6 Å². The van der Waals surface area contributed by atoms with Crippen molar-refractivity contribution in [3.8, 4) is 5.75 Å². The summed E-state index contributed by atoms with van der Waals surface area (Å²) in [7, 11) is 0. The Balaban J connectivity index is 2.51. The molecule has 1 aliphatic rings. The largest absolute Gasteiger partial charge is 0.492 e. The fraction of sp³-hybridized carbons (Fsp3) is 0.708. The second kappa shape index (κ2) is 11.9. The molecule has 0 bridgehead atoms. The van der Waals surface area contributed by atoms with E-state index in [1.54, 1.807) is 4.90 Å². The van der Waals surface area contributed by atoms with E-state index < -0.39 is 11.7 Å². The molecular weight excluding hydrogens is 402 g/mol. The zero-order chi connectivity index (χ0) is 22.3. The van der Waals surface area contributed by atoms with Crippen LogP contribution in [0.25, 0.3) is 0 Å². The first-order valence-corrected chi connectivity index (χ1v) is 11.9. The summed E-state index contributed by atoms with van der Waals surface area (Å²) in [4.78, 5) is 15.2. The zero-order valence-electron chi connectivity index (χ0n) is 19.4. The van der Waals surface area contributed by atoms with E-state index in [4.69, 9.17) is 25.8 Å². The number of hydrogen-bond acceptors (Lipinski definition) is 4. The molecule has 1 aliphatic heterocycles. The van der Waals surface area contributed by atoms with Crippen molar-refractivity contribution in [2.45, 2.75) is 97.5 Å². The molecule has 0 spiro atoms. The second-order valence-corrected chi connectivity index (χ2v) is 8.14. The molecule has 1 fully saturated rings. The van der Waals surface area contributed by atoms with Gasteiger partial charge in [-0.2, -0.15) is 0 Å². The number of hydrogen-bond donors (Lipinski definition) is 0. The van der Waals surface area contributed by atoms with Crippen LogP contribution in [-0.2, 0) is 27.1 Å². The lowest BCUT2D eigenvalue weighted by Gasteiger charge is -2.31. The quantitative estimate of drug-likeness (QED) is 0.427. The first-order chi connectivity index (χ1) is 14.4. The number of ether oxygens (including phenoxy) is 3. The van der Waals surface area contributed by atoms with E-state index in [0.717, 1.165) is 36.9 Å². The van der Waals surface area contributed by atoms with Gasteiger partial charge in [0.25, 0.3) is 0 Å². The Morgan fingerprint density at radius 2 is 1.70 bits per heavy atom. The molecule has 0 N–H and O–H groups in total. The van der Waals surface area contributed by atoms with Gasteiger partial charge in [0.2, 0.25) is 5.91 Å². The number of halogens is 1. The predicted molar refractivity (Wildman–Crippen MR) is 123 cm³/mol. The monoisotopic (exact) mass is 439 g/mol. The number of nitrogens with zero attached hydrogens (tertiary/aromatic N) is 1. The van der Waals surface area contributed by atoms with Crippen molar-refractivity contribution in [2.75, 3.05) is 18.1 Å². The summed E-state index contributed by atoms with van der Waals surface area (Å²) >= 11 is 6.44. The smallest absolute Gasteiger partial charge is 0.245 e. The SMILES string of the molecule is CCOc1ccc(CC)c(CC)c1N(CC1OC(CC)C(CC)O1)C(=O)C(Cl)CC. The van der Waals surface area contributed by atoms with Crippen molar-refractivity contribution in [3.63, 3.8) is 0 Å². The molecule has 0 aliphatic carbocycles. The van der Waals surface area contributed by atoms with E-state index in [1.165, 1.54) is 5.56 Å². The van der Waals surface area contributed by atoms with Crippen LogP contribution >= 0.6 is 11.6 Å². The summed E-state index contributed by atoms with van der Waals surface area (Å²) in [6.45, 7) is 13.1. The Bertz CT molecular complexity index is 684.